The molecule has 3 heterocycles. The molecule has 45 heavy (non-hydrogen) atoms. The Morgan fingerprint density at radius 1 is 1.16 bits per heavy atom. The zero-order chi connectivity index (χ0) is 32.4. The summed E-state index contributed by atoms with van der Waals surface area (Å²) in [6.07, 6.45) is 7.09. The molecule has 1 aliphatic carbocycles. The van der Waals surface area contributed by atoms with E-state index in [-0.39, 0.29) is 31.2 Å². The predicted molar refractivity (Wildman–Crippen MR) is 161 cm³/mol. The number of nitrogens with one attached hydrogen (secondary N) is 2. The Hall–Kier alpha value is -3.96. The van der Waals surface area contributed by atoms with E-state index >= 15 is 0 Å². The summed E-state index contributed by atoms with van der Waals surface area (Å²) in [4.78, 5) is 68.8. The second-order valence-corrected chi connectivity index (χ2v) is 13.6. The third-order valence-corrected chi connectivity index (χ3v) is 8.90. The number of fused-ring (bicyclic) bond motifs is 3. The van der Waals surface area contributed by atoms with Gasteiger partial charge in [-0.15, -0.1) is 0 Å². The molecule has 0 aromatic heterocycles. The van der Waals surface area contributed by atoms with Gasteiger partial charge in [-0.3, -0.25) is 9.59 Å². The second kappa shape index (κ2) is 13.2. The molecular formula is C33H43FN4O7. The lowest BCUT2D eigenvalue weighted by molar-refractivity contribution is -0.140. The molecule has 1 saturated heterocycles. The minimum absolute atomic E-state index is 0.0353. The fourth-order valence-corrected chi connectivity index (χ4v) is 6.39. The van der Waals surface area contributed by atoms with Crippen molar-refractivity contribution in [2.45, 2.75) is 108 Å². The average Bonchev–Trinajstić information content (AvgIpc) is 3.49. The number of rotatable bonds is 3. The zero-order valence-corrected chi connectivity index (χ0v) is 26.2. The quantitative estimate of drug-likeness (QED) is 0.385. The number of amides is 4. The molecule has 0 radical (unpaired) electrons. The summed E-state index contributed by atoms with van der Waals surface area (Å²) in [7, 11) is 0. The first-order chi connectivity index (χ1) is 21.4. The van der Waals surface area contributed by atoms with Gasteiger partial charge in [0.2, 0.25) is 11.8 Å². The van der Waals surface area contributed by atoms with Gasteiger partial charge >= 0.3 is 12.2 Å². The number of halogens is 1. The number of hydrogen-bond acceptors (Lipinski definition) is 7. The summed E-state index contributed by atoms with van der Waals surface area (Å²) >= 11 is 0. The van der Waals surface area contributed by atoms with Crippen molar-refractivity contribution in [3.63, 3.8) is 0 Å². The lowest BCUT2D eigenvalue weighted by atomic mass is 10.00. The minimum Gasteiger partial charge on any atom is -0.444 e. The fourth-order valence-electron chi connectivity index (χ4n) is 6.39. The summed E-state index contributed by atoms with van der Waals surface area (Å²) in [6, 6.07) is 2.50. The molecule has 0 bridgehead atoms. The first kappa shape index (κ1) is 32.4. The SMILES string of the molecule is CC(C)(C)OC(=O)N[C@H]1CCCCC/C=C\[C@@H]2C[C@@]2(C=O)NC(=O)[C@@H]2C[C@@H](OC(=O)N3CCc4cc(F)ccc4C3)CN2C1=O. The summed E-state index contributed by atoms with van der Waals surface area (Å²) in [5, 5.41) is 5.58. The van der Waals surface area contributed by atoms with Gasteiger partial charge in [-0.2, -0.15) is 0 Å². The number of carbonyl (C=O) groups excluding carboxylic acids is 5. The van der Waals surface area contributed by atoms with E-state index in [2.05, 4.69) is 10.6 Å². The van der Waals surface area contributed by atoms with Gasteiger partial charge in [0.05, 0.1) is 6.54 Å². The predicted octanol–water partition coefficient (Wildman–Crippen LogP) is 3.78. The van der Waals surface area contributed by atoms with Crippen LogP contribution in [0.15, 0.2) is 30.4 Å². The molecule has 4 aliphatic rings. The van der Waals surface area contributed by atoms with E-state index in [0.717, 1.165) is 36.7 Å². The minimum atomic E-state index is -1.04. The Bertz CT molecular complexity index is 1360. The van der Waals surface area contributed by atoms with E-state index in [1.54, 1.807) is 26.8 Å². The molecule has 2 N–H and O–H groups in total. The van der Waals surface area contributed by atoms with Crippen molar-refractivity contribution in [1.82, 2.24) is 20.4 Å². The van der Waals surface area contributed by atoms with E-state index in [1.807, 2.05) is 12.2 Å². The number of alkyl carbamates (subject to hydrolysis) is 1. The van der Waals surface area contributed by atoms with Crippen molar-refractivity contribution in [3.8, 4) is 0 Å². The number of carbonyl (C=O) groups is 5. The summed E-state index contributed by atoms with van der Waals surface area (Å²) in [6.45, 7) is 5.73. The molecule has 3 aliphatic heterocycles. The zero-order valence-electron chi connectivity index (χ0n) is 26.2. The Labute approximate surface area is 262 Å². The third kappa shape index (κ3) is 7.83. The molecule has 0 unspecified atom stereocenters. The van der Waals surface area contributed by atoms with E-state index in [9.17, 15) is 28.4 Å². The van der Waals surface area contributed by atoms with Crippen LogP contribution in [0.2, 0.25) is 0 Å². The lowest BCUT2D eigenvalue weighted by Gasteiger charge is -2.30. The van der Waals surface area contributed by atoms with Crippen LogP contribution in [0.1, 0.15) is 76.8 Å². The number of hydrogen-bond donors (Lipinski definition) is 2. The maximum absolute atomic E-state index is 14.1. The van der Waals surface area contributed by atoms with E-state index in [1.165, 1.54) is 21.9 Å². The molecule has 11 nitrogen and oxygen atoms in total. The largest absolute Gasteiger partial charge is 0.444 e. The molecule has 4 amide bonds. The Morgan fingerprint density at radius 3 is 2.71 bits per heavy atom. The number of nitrogens with zero attached hydrogens (tertiary/aromatic N) is 2. The van der Waals surface area contributed by atoms with E-state index < -0.39 is 53.3 Å². The molecular weight excluding hydrogens is 583 g/mol. The van der Waals surface area contributed by atoms with Crippen LogP contribution in [-0.2, 0) is 36.8 Å². The molecule has 244 valence electrons. The van der Waals surface area contributed by atoms with Crippen LogP contribution in [-0.4, -0.2) is 82.5 Å². The summed E-state index contributed by atoms with van der Waals surface area (Å²) in [5.41, 5.74) is -0.140. The van der Waals surface area contributed by atoms with Crippen molar-refractivity contribution in [2.24, 2.45) is 5.92 Å². The Balaban J connectivity index is 1.35. The van der Waals surface area contributed by atoms with Crippen molar-refractivity contribution in [2.75, 3.05) is 13.1 Å². The highest BCUT2D eigenvalue weighted by Gasteiger charge is 2.56. The number of benzene rings is 1. The Kier molecular flexibility index (Phi) is 9.50. The van der Waals surface area contributed by atoms with Gasteiger partial charge < -0.3 is 34.7 Å². The summed E-state index contributed by atoms with van der Waals surface area (Å²) < 4.78 is 24.9. The van der Waals surface area contributed by atoms with Crippen molar-refractivity contribution in [1.29, 1.82) is 0 Å². The molecule has 5 atom stereocenters. The van der Waals surface area contributed by atoms with Gasteiger partial charge in [-0.25, -0.2) is 14.0 Å². The van der Waals surface area contributed by atoms with Crippen molar-refractivity contribution >= 4 is 30.3 Å². The first-order valence-electron chi connectivity index (χ1n) is 15.9. The fraction of sp³-hybridized carbons (Fsp3) is 0.606. The normalized spacial score (nSPS) is 29.5. The van der Waals surface area contributed by atoms with Crippen LogP contribution >= 0.6 is 0 Å². The molecule has 5 rings (SSSR count). The smallest absolute Gasteiger partial charge is 0.410 e. The number of allylic oxidation sites excluding steroid dienone is 1. The first-order valence-corrected chi connectivity index (χ1v) is 15.9. The van der Waals surface area contributed by atoms with Crippen LogP contribution in [0.4, 0.5) is 14.0 Å². The highest BCUT2D eigenvalue weighted by atomic mass is 19.1. The highest BCUT2D eigenvalue weighted by Crippen LogP contribution is 2.43. The average molecular weight is 627 g/mol. The van der Waals surface area contributed by atoms with Gasteiger partial charge in [0.25, 0.3) is 0 Å². The maximum atomic E-state index is 14.1. The van der Waals surface area contributed by atoms with Crippen molar-refractivity contribution < 1.29 is 37.8 Å². The van der Waals surface area contributed by atoms with Crippen molar-refractivity contribution in [3.05, 3.63) is 47.3 Å². The molecule has 0 spiro atoms. The van der Waals surface area contributed by atoms with E-state index in [0.29, 0.717) is 32.2 Å². The van der Waals surface area contributed by atoms with Gasteiger partial charge in [0.15, 0.2) is 0 Å². The van der Waals surface area contributed by atoms with Crippen LogP contribution < -0.4 is 10.6 Å². The number of ether oxygens (including phenoxy) is 2. The molecule has 1 saturated carbocycles. The summed E-state index contributed by atoms with van der Waals surface area (Å²) in [5.74, 6) is -1.44. The van der Waals surface area contributed by atoms with Crippen LogP contribution in [0.25, 0.3) is 0 Å². The Morgan fingerprint density at radius 2 is 1.96 bits per heavy atom. The molecule has 1 aromatic rings. The molecule has 12 heteroatoms. The van der Waals surface area contributed by atoms with Gasteiger partial charge in [-0.05, 0) is 76.1 Å². The lowest BCUT2D eigenvalue weighted by Crippen LogP contribution is -2.55. The topological polar surface area (TPSA) is 134 Å². The van der Waals surface area contributed by atoms with Crippen LogP contribution in [0, 0.1) is 11.7 Å². The maximum Gasteiger partial charge on any atom is 0.410 e. The highest BCUT2D eigenvalue weighted by molar-refractivity contribution is 5.94. The van der Waals surface area contributed by atoms with Gasteiger partial charge in [-0.1, -0.05) is 31.1 Å². The van der Waals surface area contributed by atoms with Gasteiger partial charge in [0.1, 0.15) is 41.4 Å². The molecule has 2 fully saturated rings. The number of aldehydes is 1. The third-order valence-electron chi connectivity index (χ3n) is 8.90. The standard InChI is InChI=1S/C33H43FN4O7/c1-32(2,3)45-30(42)35-26-10-8-6-4-5-7-9-23-17-33(23,20-39)36-28(40)27-16-25(19-38(27)29(26)41)44-31(43)37-14-13-21-15-24(34)12-11-22(21)18-37/h7,9,11-12,15,20,23,25-27H,4-6,8,10,13-14,16-19H2,1-3H3,(H,35,42)(H,36,40)/b9-7-/t23-,25-,26+,27+,33+/m1/s1. The van der Waals surface area contributed by atoms with Crippen LogP contribution in [0.5, 0.6) is 0 Å². The van der Waals surface area contributed by atoms with E-state index in [4.69, 9.17) is 9.47 Å². The molecule has 1 aromatic carbocycles. The monoisotopic (exact) mass is 626 g/mol. The second-order valence-electron chi connectivity index (χ2n) is 13.6. The van der Waals surface area contributed by atoms with Crippen LogP contribution in [0.3, 0.4) is 0 Å². The van der Waals surface area contributed by atoms with Gasteiger partial charge in [0, 0.05) is 25.4 Å².